The fourth-order valence-corrected chi connectivity index (χ4v) is 3.60. The van der Waals surface area contributed by atoms with Gasteiger partial charge in [0.2, 0.25) is 0 Å². The summed E-state index contributed by atoms with van der Waals surface area (Å²) in [5.74, 6) is 0.716. The summed E-state index contributed by atoms with van der Waals surface area (Å²) in [5.41, 5.74) is 0.955. The molecule has 3 rings (SSSR count). The van der Waals surface area contributed by atoms with Gasteiger partial charge in [-0.3, -0.25) is 4.79 Å². The first-order chi connectivity index (χ1) is 9.63. The molecule has 0 radical (unpaired) electrons. The van der Waals surface area contributed by atoms with Gasteiger partial charge in [0.25, 0.3) is 5.91 Å². The van der Waals surface area contributed by atoms with Crippen LogP contribution in [0.1, 0.15) is 23.2 Å². The molecule has 1 atom stereocenters. The molecule has 0 aliphatic carbocycles. The number of carbonyl (C=O) groups excluding carboxylic acids is 1. The number of carbonyl (C=O) groups is 1. The number of hydrogen-bond donors (Lipinski definition) is 1. The normalized spacial score (nSPS) is 25.4. The van der Waals surface area contributed by atoms with Crippen molar-refractivity contribution in [3.05, 3.63) is 28.2 Å². The summed E-state index contributed by atoms with van der Waals surface area (Å²) in [6.45, 7) is 3.82. The third-order valence-electron chi connectivity index (χ3n) is 4.45. The number of methoxy groups -OCH3 is 1. The molecule has 1 amide bonds. The molecular weight excluding hydrogens is 320 g/mol. The van der Waals surface area contributed by atoms with Crippen LogP contribution in [-0.2, 0) is 0 Å². The van der Waals surface area contributed by atoms with Crippen molar-refractivity contribution in [2.75, 3.05) is 33.3 Å². The van der Waals surface area contributed by atoms with Crippen molar-refractivity contribution < 1.29 is 9.53 Å². The van der Waals surface area contributed by atoms with Gasteiger partial charge >= 0.3 is 0 Å². The van der Waals surface area contributed by atoms with Crippen LogP contribution in [0.25, 0.3) is 0 Å². The molecule has 1 unspecified atom stereocenters. The van der Waals surface area contributed by atoms with Crippen LogP contribution in [0.4, 0.5) is 0 Å². The van der Waals surface area contributed by atoms with Crippen molar-refractivity contribution in [1.29, 1.82) is 0 Å². The lowest BCUT2D eigenvalue weighted by Crippen LogP contribution is -2.33. The van der Waals surface area contributed by atoms with Crippen molar-refractivity contribution in [2.45, 2.75) is 12.8 Å². The van der Waals surface area contributed by atoms with E-state index in [4.69, 9.17) is 4.74 Å². The van der Waals surface area contributed by atoms with Gasteiger partial charge in [0, 0.05) is 29.5 Å². The molecule has 0 aromatic heterocycles. The summed E-state index contributed by atoms with van der Waals surface area (Å²) in [5, 5.41) is 3.42. The maximum Gasteiger partial charge on any atom is 0.257 e. The average Bonchev–Trinajstić information content (AvgIpc) is 3.09. The monoisotopic (exact) mass is 338 g/mol. The highest BCUT2D eigenvalue weighted by Crippen LogP contribution is 2.37. The third kappa shape index (κ3) is 2.44. The van der Waals surface area contributed by atoms with Gasteiger partial charge in [0.1, 0.15) is 5.75 Å². The van der Waals surface area contributed by atoms with E-state index < -0.39 is 0 Å². The first-order valence-corrected chi connectivity index (χ1v) is 7.76. The predicted octanol–water partition coefficient (Wildman–Crippen LogP) is 2.28. The van der Waals surface area contributed by atoms with Gasteiger partial charge in [-0.25, -0.2) is 0 Å². The number of nitrogens with one attached hydrogen (secondary N) is 1. The fraction of sp³-hybridized carbons (Fsp3) is 0.533. The smallest absolute Gasteiger partial charge is 0.257 e. The van der Waals surface area contributed by atoms with Crippen molar-refractivity contribution in [3.8, 4) is 5.75 Å². The number of likely N-dealkylation sites (tertiary alicyclic amines) is 1. The van der Waals surface area contributed by atoms with E-state index in [-0.39, 0.29) is 5.91 Å². The topological polar surface area (TPSA) is 41.6 Å². The second-order valence-electron chi connectivity index (χ2n) is 5.75. The van der Waals surface area contributed by atoms with Gasteiger partial charge in [-0.05, 0) is 37.6 Å². The lowest BCUT2D eigenvalue weighted by atomic mass is 9.86. The molecular formula is C15H19BrN2O2. The van der Waals surface area contributed by atoms with E-state index >= 15 is 0 Å². The van der Waals surface area contributed by atoms with E-state index in [1.165, 1.54) is 6.42 Å². The van der Waals surface area contributed by atoms with E-state index in [1.807, 2.05) is 23.1 Å². The molecule has 4 nitrogen and oxygen atoms in total. The number of halogens is 1. The highest BCUT2D eigenvalue weighted by atomic mass is 79.9. The molecule has 1 aromatic carbocycles. The summed E-state index contributed by atoms with van der Waals surface area (Å²) < 4.78 is 6.25. The average molecular weight is 339 g/mol. The summed E-state index contributed by atoms with van der Waals surface area (Å²) >= 11 is 3.41. The Morgan fingerprint density at radius 2 is 2.30 bits per heavy atom. The maximum atomic E-state index is 12.7. The van der Waals surface area contributed by atoms with E-state index in [0.717, 1.165) is 37.1 Å². The second kappa shape index (κ2) is 5.37. The fourth-order valence-electron chi connectivity index (χ4n) is 3.26. The molecule has 2 saturated heterocycles. The summed E-state index contributed by atoms with van der Waals surface area (Å²) in [7, 11) is 1.60. The highest BCUT2D eigenvalue weighted by Gasteiger charge is 2.42. The Bertz CT molecular complexity index is 527. The minimum absolute atomic E-state index is 0.0816. The molecule has 20 heavy (non-hydrogen) atoms. The van der Waals surface area contributed by atoms with Crippen molar-refractivity contribution in [1.82, 2.24) is 10.2 Å². The van der Waals surface area contributed by atoms with Crippen LogP contribution in [0.5, 0.6) is 5.75 Å². The molecule has 2 aliphatic rings. The standard InChI is InChI=1S/C15H19BrN2O2/c1-20-13-8-11(16)2-3-12(13)14(19)18-7-5-15(10-18)4-6-17-9-15/h2-3,8,17H,4-7,9-10H2,1H3. The van der Waals surface area contributed by atoms with Crippen LogP contribution >= 0.6 is 15.9 Å². The Morgan fingerprint density at radius 1 is 1.45 bits per heavy atom. The second-order valence-corrected chi connectivity index (χ2v) is 6.66. The van der Waals surface area contributed by atoms with Crippen molar-refractivity contribution >= 4 is 21.8 Å². The number of rotatable bonds is 2. The molecule has 2 fully saturated rings. The maximum absolute atomic E-state index is 12.7. The predicted molar refractivity (Wildman–Crippen MR) is 81.1 cm³/mol. The molecule has 1 N–H and O–H groups in total. The van der Waals surface area contributed by atoms with Crippen LogP contribution in [0.15, 0.2) is 22.7 Å². The molecule has 5 heteroatoms. The van der Waals surface area contributed by atoms with Crippen molar-refractivity contribution in [2.24, 2.45) is 5.41 Å². The van der Waals surface area contributed by atoms with E-state index in [1.54, 1.807) is 7.11 Å². The zero-order chi connectivity index (χ0) is 14.2. The van der Waals surface area contributed by atoms with Gasteiger partial charge in [0.15, 0.2) is 0 Å². The van der Waals surface area contributed by atoms with E-state index in [9.17, 15) is 4.79 Å². The van der Waals surface area contributed by atoms with Crippen LogP contribution in [0.2, 0.25) is 0 Å². The van der Waals surface area contributed by atoms with Gasteiger partial charge in [-0.2, -0.15) is 0 Å². The molecule has 0 bridgehead atoms. The lowest BCUT2D eigenvalue weighted by molar-refractivity contribution is 0.0772. The van der Waals surface area contributed by atoms with Crippen molar-refractivity contribution in [3.63, 3.8) is 0 Å². The molecule has 2 aliphatic heterocycles. The molecule has 2 heterocycles. The molecule has 0 saturated carbocycles. The Kier molecular flexibility index (Phi) is 3.73. The number of hydrogen-bond acceptors (Lipinski definition) is 3. The molecule has 108 valence electrons. The molecule has 1 aromatic rings. The van der Waals surface area contributed by atoms with Gasteiger partial charge < -0.3 is 15.0 Å². The van der Waals surface area contributed by atoms with Gasteiger partial charge in [-0.15, -0.1) is 0 Å². The Hall–Kier alpha value is -1.07. The zero-order valence-corrected chi connectivity index (χ0v) is 13.2. The lowest BCUT2D eigenvalue weighted by Gasteiger charge is -2.23. The Balaban J connectivity index is 1.80. The highest BCUT2D eigenvalue weighted by molar-refractivity contribution is 9.10. The minimum Gasteiger partial charge on any atom is -0.496 e. The number of nitrogens with zero attached hydrogens (tertiary/aromatic N) is 1. The van der Waals surface area contributed by atoms with Crippen LogP contribution in [0, 0.1) is 5.41 Å². The number of benzene rings is 1. The third-order valence-corrected chi connectivity index (χ3v) is 4.94. The first-order valence-electron chi connectivity index (χ1n) is 6.97. The van der Waals surface area contributed by atoms with Gasteiger partial charge in [-0.1, -0.05) is 15.9 Å². The SMILES string of the molecule is COc1cc(Br)ccc1C(=O)N1CCC2(CCNC2)C1. The first kappa shape index (κ1) is 13.9. The van der Waals surface area contributed by atoms with Crippen LogP contribution in [0.3, 0.4) is 0 Å². The number of ether oxygens (including phenoxy) is 1. The van der Waals surface area contributed by atoms with Crippen LogP contribution in [-0.4, -0.2) is 44.1 Å². The minimum atomic E-state index is 0.0816. The summed E-state index contributed by atoms with van der Waals surface area (Å²) in [6, 6.07) is 5.57. The quantitative estimate of drug-likeness (QED) is 0.899. The van der Waals surface area contributed by atoms with E-state index in [0.29, 0.717) is 16.7 Å². The Morgan fingerprint density at radius 3 is 3.00 bits per heavy atom. The summed E-state index contributed by atoms with van der Waals surface area (Å²) in [4.78, 5) is 14.7. The van der Waals surface area contributed by atoms with Gasteiger partial charge in [0.05, 0.1) is 12.7 Å². The van der Waals surface area contributed by atoms with E-state index in [2.05, 4.69) is 21.2 Å². The Labute approximate surface area is 127 Å². The zero-order valence-electron chi connectivity index (χ0n) is 11.6. The van der Waals surface area contributed by atoms with Crippen LogP contribution < -0.4 is 10.1 Å². The number of amides is 1. The largest absolute Gasteiger partial charge is 0.496 e. The summed E-state index contributed by atoms with van der Waals surface area (Å²) in [6.07, 6.45) is 2.28. The molecule has 1 spiro atoms.